The largest absolute Gasteiger partial charge is 0.522 e. The maximum atomic E-state index is 12.8. The third-order valence-corrected chi connectivity index (χ3v) is 5.97. The summed E-state index contributed by atoms with van der Waals surface area (Å²) in [5.74, 6) is -2.27. The fourth-order valence-electron chi connectivity index (χ4n) is 3.09. The van der Waals surface area contributed by atoms with Gasteiger partial charge in [-0.05, 0) is 47.5 Å². The van der Waals surface area contributed by atoms with Gasteiger partial charge >= 0.3 is 12.1 Å². The number of carboxylic acids is 1. The fraction of sp³-hybridized carbons (Fsp3) is 0.735. The molecule has 0 aliphatic carbocycles. The second kappa shape index (κ2) is 36.8. The number of aliphatic carboxylic acids is 1. The van der Waals surface area contributed by atoms with E-state index in [1.54, 1.807) is 34.9 Å². The van der Waals surface area contributed by atoms with Crippen LogP contribution in [0.1, 0.15) is 75.2 Å². The van der Waals surface area contributed by atoms with Crippen LogP contribution in [0.4, 0.5) is 4.79 Å². The van der Waals surface area contributed by atoms with Gasteiger partial charge in [-0.3, -0.25) is 33.6 Å². The molecule has 54 heavy (non-hydrogen) atoms. The minimum absolute atomic E-state index is 0. The summed E-state index contributed by atoms with van der Waals surface area (Å²) in [5, 5.41) is 15.4. The van der Waals surface area contributed by atoms with Gasteiger partial charge in [0, 0.05) is 54.9 Å². The van der Waals surface area contributed by atoms with E-state index in [2.05, 4.69) is 16.0 Å². The van der Waals surface area contributed by atoms with Crippen LogP contribution in [0.15, 0.2) is 0 Å². The van der Waals surface area contributed by atoms with Gasteiger partial charge in [-0.2, -0.15) is 6.41 Å². The second-order valence-electron chi connectivity index (χ2n) is 11.6. The van der Waals surface area contributed by atoms with E-state index >= 15 is 0 Å². The number of amides is 8. The van der Waals surface area contributed by atoms with Crippen LogP contribution in [0.3, 0.4) is 0 Å². The first-order valence-corrected chi connectivity index (χ1v) is 17.3. The van der Waals surface area contributed by atoms with Crippen molar-refractivity contribution in [2.75, 3.05) is 81.1 Å². The molecule has 0 spiro atoms. The Kier molecular flexibility index (Phi) is 41.0. The molecule has 1 unspecified atom stereocenters. The zero-order chi connectivity index (χ0) is 42.7. The standard InChI is InChI=1S/C20H37N5O6.C6H11N2O2.C4H7NO3.2C2H6.Fm/c1-8-24(6)17(28)13-25(7)18(29)15(22-16(27)12-23(5)14-26)10-9-11-21-19(30)31-20(2,3)4;1-3-8(2)6(10)4-7-5-9;1-5(3-6)2-4(7)8;2*1-2;/h14-15H,8-13H2,1-7H3,(H,21,30)(H,22,27);3-4H2,1-2H3,(H,7,9);3H,2H2,1H3,(H,7,8);2*1-2H3;/q;-1;;;;. The molecule has 0 fully saturated rings. The number of carbonyl (C=O) groups is 8. The summed E-state index contributed by atoms with van der Waals surface area (Å²) < 4.78 is 5.15. The van der Waals surface area contributed by atoms with E-state index in [-0.39, 0.29) is 51.0 Å². The summed E-state index contributed by atoms with van der Waals surface area (Å²) >= 11 is 0. The number of nitrogens with zero attached hydrogens (tertiary/aromatic N) is 5. The molecule has 322 valence electrons. The fourth-order valence-corrected chi connectivity index (χ4v) is 3.09. The smallest absolute Gasteiger partial charge is 0.407 e. The summed E-state index contributed by atoms with van der Waals surface area (Å²) in [6.07, 6.45) is 2.45. The molecular formula is C34H67FmN8O11-. The molecular weight excluding hydrogens is 953 g/mol. The van der Waals surface area contributed by atoms with E-state index in [1.807, 2.05) is 41.5 Å². The molecule has 0 saturated heterocycles. The van der Waals surface area contributed by atoms with Gasteiger partial charge in [0.25, 0.3) is 0 Å². The van der Waals surface area contributed by atoms with Crippen molar-refractivity contribution in [1.29, 1.82) is 0 Å². The molecule has 0 saturated carbocycles. The Balaban J connectivity index is -0.000000204. The minimum atomic E-state index is -1.00. The Morgan fingerprint density at radius 2 is 1.24 bits per heavy atom. The third-order valence-electron chi connectivity index (χ3n) is 5.97. The van der Waals surface area contributed by atoms with E-state index in [9.17, 15) is 43.2 Å². The van der Waals surface area contributed by atoms with Crippen LogP contribution in [0.2, 0.25) is 0 Å². The summed E-state index contributed by atoms with van der Waals surface area (Å²) in [6.45, 7) is 17.8. The number of hydrogen-bond donors (Lipinski definition) is 4. The Labute approximate surface area is 316 Å². The molecule has 8 amide bonds. The number of hydrogen-bond acceptors (Lipinski definition) is 10. The number of nitrogens with one attached hydrogen (secondary N) is 3. The minimum Gasteiger partial charge on any atom is -0.522 e. The molecule has 0 aromatic heterocycles. The SMILES string of the molecule is CC.CC.CCN(C)C(=O)CN(C)C(=O)C(CCCNC(=O)OC(C)(C)C)NC(=O)CN(C)C=O.CCN(C)C(=O)CN[C-]=O.CN(C=O)CC(=O)O.[Fm]. The summed E-state index contributed by atoms with van der Waals surface area (Å²) in [7, 11) is 7.65. The first-order valence-electron chi connectivity index (χ1n) is 17.3. The van der Waals surface area contributed by atoms with Gasteiger partial charge < -0.3 is 55.1 Å². The first-order chi connectivity index (χ1) is 24.7. The number of carbonyl (C=O) groups excluding carboxylic acids is 8. The molecule has 0 heterocycles. The van der Waals surface area contributed by atoms with Crippen molar-refractivity contribution in [2.45, 2.75) is 86.8 Å². The topological polar surface area (TPSA) is 235 Å². The van der Waals surface area contributed by atoms with Crippen molar-refractivity contribution in [3.63, 3.8) is 0 Å². The average Bonchev–Trinajstić information content (AvgIpc) is 3.11. The summed E-state index contributed by atoms with van der Waals surface area (Å²) in [5.41, 5.74) is -0.623. The van der Waals surface area contributed by atoms with Crippen molar-refractivity contribution in [2.24, 2.45) is 0 Å². The summed E-state index contributed by atoms with van der Waals surface area (Å²) in [6, 6.07) is -0.905. The van der Waals surface area contributed by atoms with E-state index in [4.69, 9.17) is 9.84 Å². The van der Waals surface area contributed by atoms with Crippen molar-refractivity contribution >= 4 is 54.9 Å². The molecule has 20 heteroatoms. The van der Waals surface area contributed by atoms with Gasteiger partial charge in [0.05, 0.1) is 19.6 Å². The molecule has 0 aromatic rings. The normalized spacial score (nSPS) is 9.74. The molecule has 0 aliphatic rings. The van der Waals surface area contributed by atoms with Crippen LogP contribution in [-0.2, 0) is 43.1 Å². The van der Waals surface area contributed by atoms with E-state index < -0.39 is 35.5 Å². The number of ether oxygens (including phenoxy) is 1. The Morgan fingerprint density at radius 1 is 0.778 bits per heavy atom. The van der Waals surface area contributed by atoms with E-state index in [1.165, 1.54) is 42.3 Å². The maximum absolute atomic E-state index is 12.8. The molecule has 0 aliphatic heterocycles. The van der Waals surface area contributed by atoms with Crippen molar-refractivity contribution < 1.29 is 53.0 Å². The summed E-state index contributed by atoms with van der Waals surface area (Å²) in [4.78, 5) is 106. The third kappa shape index (κ3) is 37.3. The number of alkyl carbamates (subject to hydrolysis) is 1. The predicted molar refractivity (Wildman–Crippen MR) is 201 cm³/mol. The van der Waals surface area contributed by atoms with Crippen LogP contribution >= 0.6 is 0 Å². The molecule has 4 N–H and O–H groups in total. The van der Waals surface area contributed by atoms with Gasteiger partial charge in [-0.15, -0.1) is 0 Å². The van der Waals surface area contributed by atoms with Crippen LogP contribution in [0.5, 0.6) is 0 Å². The van der Waals surface area contributed by atoms with Gasteiger partial charge in [0.15, 0.2) is 0 Å². The van der Waals surface area contributed by atoms with Crippen molar-refractivity contribution in [3.8, 4) is 0 Å². The molecule has 19 nitrogen and oxygen atoms in total. The second-order valence-corrected chi connectivity index (χ2v) is 11.6. The Morgan fingerprint density at radius 3 is 1.63 bits per heavy atom. The molecule has 0 bridgehead atoms. The quantitative estimate of drug-likeness (QED) is 0.0588. The van der Waals surface area contributed by atoms with Gasteiger partial charge in [0.1, 0.15) is 18.2 Å². The van der Waals surface area contributed by atoms with Crippen LogP contribution in [0.25, 0.3) is 0 Å². The monoisotopic (exact) mass is 1020 g/mol. The van der Waals surface area contributed by atoms with Crippen molar-refractivity contribution in [1.82, 2.24) is 40.4 Å². The van der Waals surface area contributed by atoms with Crippen molar-refractivity contribution in [3.05, 3.63) is 0 Å². The van der Waals surface area contributed by atoms with Crippen LogP contribution in [0, 0.1) is 0 Å². The molecule has 0 radical (unpaired) electrons. The Bertz CT molecular complexity index is 1080. The zero-order valence-corrected chi connectivity index (χ0v) is 37.1. The van der Waals surface area contributed by atoms with Crippen LogP contribution < -0.4 is 16.0 Å². The molecule has 1 atom stereocenters. The molecule has 0 aromatic carbocycles. The maximum Gasteiger partial charge on any atom is 0.407 e. The van der Waals surface area contributed by atoms with Gasteiger partial charge in [0.2, 0.25) is 36.4 Å². The number of likely N-dealkylation sites (N-methyl/N-ethyl adjacent to an activating group) is 5. The average molecular weight is 1020 g/mol. The first kappa shape index (κ1) is 60.1. The predicted octanol–water partition coefficient (Wildman–Crippen LogP) is 0.134. The van der Waals surface area contributed by atoms with E-state index in [0.29, 0.717) is 32.3 Å². The van der Waals surface area contributed by atoms with Gasteiger partial charge in [-0.1, -0.05) is 27.7 Å². The molecule has 0 rings (SSSR count). The number of rotatable bonds is 19. The van der Waals surface area contributed by atoms with Gasteiger partial charge in [-0.25, -0.2) is 4.79 Å². The zero-order valence-electron chi connectivity index (χ0n) is 34.7. The Hall–Kier alpha value is -5.97. The van der Waals surface area contributed by atoms with Crippen LogP contribution in [-0.4, -0.2) is 177 Å². The number of carboxylic acid groups (broad SMARTS) is 1. The van der Waals surface area contributed by atoms with E-state index in [0.717, 1.165) is 9.80 Å².